The first kappa shape index (κ1) is 28.7. The summed E-state index contributed by atoms with van der Waals surface area (Å²) >= 11 is 0. The van der Waals surface area contributed by atoms with Crippen LogP contribution in [0.2, 0.25) is 0 Å². The molecule has 0 unspecified atom stereocenters. The van der Waals surface area contributed by atoms with Crippen molar-refractivity contribution in [2.24, 2.45) is 0 Å². The smallest absolute Gasteiger partial charge is 0.0701 e. The zero-order valence-corrected chi connectivity index (χ0v) is 27.0. The molecule has 0 amide bonds. The number of rotatable bonds is 6. The van der Waals surface area contributed by atoms with Gasteiger partial charge in [0.25, 0.3) is 0 Å². The van der Waals surface area contributed by atoms with E-state index in [0.29, 0.717) is 0 Å². The van der Waals surface area contributed by atoms with Crippen LogP contribution in [-0.4, -0.2) is 4.98 Å². The number of benzene rings is 6. The maximum absolute atomic E-state index is 4.57. The number of hydrogen-bond acceptors (Lipinski definition) is 2. The molecule has 0 fully saturated rings. The van der Waals surface area contributed by atoms with E-state index in [1.54, 1.807) is 0 Å². The molecule has 1 aromatic heterocycles. The van der Waals surface area contributed by atoms with E-state index >= 15 is 0 Å². The molecule has 0 saturated heterocycles. The summed E-state index contributed by atoms with van der Waals surface area (Å²) in [5, 5.41) is 0. The molecule has 1 aliphatic carbocycles. The highest BCUT2D eigenvalue weighted by Crippen LogP contribution is 2.50. The van der Waals surface area contributed by atoms with Gasteiger partial charge in [-0.05, 0) is 100.0 Å². The Balaban J connectivity index is 1.17. The van der Waals surface area contributed by atoms with Gasteiger partial charge in [-0.25, -0.2) is 0 Å². The second-order valence-corrected chi connectivity index (χ2v) is 13.0. The Morgan fingerprint density at radius 2 is 0.936 bits per heavy atom. The van der Waals surface area contributed by atoms with Gasteiger partial charge in [-0.1, -0.05) is 129 Å². The van der Waals surface area contributed by atoms with Crippen molar-refractivity contribution >= 4 is 17.1 Å². The fourth-order valence-corrected chi connectivity index (χ4v) is 7.00. The first-order chi connectivity index (χ1) is 23.0. The molecule has 0 bridgehead atoms. The van der Waals surface area contributed by atoms with Gasteiger partial charge < -0.3 is 4.90 Å². The van der Waals surface area contributed by atoms with Gasteiger partial charge >= 0.3 is 0 Å². The van der Waals surface area contributed by atoms with Gasteiger partial charge in [0.2, 0.25) is 0 Å². The Hall–Kier alpha value is -5.73. The molecule has 0 radical (unpaired) electrons. The monoisotopic (exact) mass is 604 g/mol. The van der Waals surface area contributed by atoms with Gasteiger partial charge in [-0.2, -0.15) is 0 Å². The lowest BCUT2D eigenvalue weighted by Gasteiger charge is -2.28. The fraction of sp³-hybridized carbons (Fsp3) is 0.0889. The predicted molar refractivity (Wildman–Crippen MR) is 198 cm³/mol. The Morgan fingerprint density at radius 3 is 1.53 bits per heavy atom. The van der Waals surface area contributed by atoms with Crippen LogP contribution in [0.3, 0.4) is 0 Å². The predicted octanol–water partition coefficient (Wildman–Crippen LogP) is 12.2. The molecule has 0 saturated carbocycles. The Bertz CT molecular complexity index is 2180. The van der Waals surface area contributed by atoms with E-state index < -0.39 is 0 Å². The van der Waals surface area contributed by atoms with Gasteiger partial charge in [-0.3, -0.25) is 4.98 Å². The van der Waals surface area contributed by atoms with Crippen LogP contribution in [0.15, 0.2) is 164 Å². The topological polar surface area (TPSA) is 16.1 Å². The van der Waals surface area contributed by atoms with Crippen LogP contribution in [-0.2, 0) is 5.41 Å². The van der Waals surface area contributed by atoms with Crippen molar-refractivity contribution in [3.63, 3.8) is 0 Å². The van der Waals surface area contributed by atoms with E-state index in [2.05, 4.69) is 176 Å². The maximum atomic E-state index is 4.57. The number of anilines is 3. The van der Waals surface area contributed by atoms with Crippen LogP contribution >= 0.6 is 0 Å². The van der Waals surface area contributed by atoms with Gasteiger partial charge in [0.05, 0.1) is 5.69 Å². The summed E-state index contributed by atoms with van der Waals surface area (Å²) in [4.78, 5) is 6.93. The normalized spacial score (nSPS) is 12.7. The quantitative estimate of drug-likeness (QED) is 0.188. The summed E-state index contributed by atoms with van der Waals surface area (Å²) in [7, 11) is 0. The number of fused-ring (bicyclic) bond motifs is 3. The van der Waals surface area contributed by atoms with Crippen molar-refractivity contribution in [2.45, 2.75) is 26.2 Å². The number of nitrogens with zero attached hydrogens (tertiary/aromatic N) is 2. The van der Waals surface area contributed by atoms with Gasteiger partial charge in [0.15, 0.2) is 0 Å². The number of aromatic nitrogens is 1. The average Bonchev–Trinajstić information content (AvgIpc) is 3.35. The third-order valence-corrected chi connectivity index (χ3v) is 9.64. The molecular formula is C45H36N2. The highest BCUT2D eigenvalue weighted by atomic mass is 15.1. The van der Waals surface area contributed by atoms with Gasteiger partial charge in [0, 0.05) is 34.2 Å². The van der Waals surface area contributed by atoms with Crippen molar-refractivity contribution in [1.29, 1.82) is 0 Å². The molecule has 6 aromatic carbocycles. The summed E-state index contributed by atoms with van der Waals surface area (Å²) in [5.41, 5.74) is 16.9. The van der Waals surface area contributed by atoms with Crippen LogP contribution in [0, 0.1) is 6.92 Å². The average molecular weight is 605 g/mol. The Kier molecular flexibility index (Phi) is 7.07. The van der Waals surface area contributed by atoms with Crippen molar-refractivity contribution in [1.82, 2.24) is 4.98 Å². The van der Waals surface area contributed by atoms with E-state index in [9.17, 15) is 0 Å². The molecule has 1 heterocycles. The minimum Gasteiger partial charge on any atom is -0.310 e. The highest BCUT2D eigenvalue weighted by molar-refractivity contribution is 5.86. The molecule has 2 heteroatoms. The SMILES string of the molecule is Cc1ccc(-c2ccc(-c3ccc(N(c4ccc(-c5ccccn5)cc4)c4ccc5c(c4)C(C)(C)c4ccccc4-5)cc3)cc2)cc1. The highest BCUT2D eigenvalue weighted by Gasteiger charge is 2.35. The summed E-state index contributed by atoms with van der Waals surface area (Å²) in [6.07, 6.45) is 1.84. The number of aryl methyl sites for hydroxylation is 1. The number of hydrogen-bond donors (Lipinski definition) is 0. The lowest BCUT2D eigenvalue weighted by atomic mass is 9.82. The van der Waals surface area contributed by atoms with E-state index in [1.165, 1.54) is 50.1 Å². The molecule has 0 atom stereocenters. The van der Waals surface area contributed by atoms with Gasteiger partial charge in [0.1, 0.15) is 0 Å². The molecular weight excluding hydrogens is 569 g/mol. The van der Waals surface area contributed by atoms with Crippen molar-refractivity contribution in [3.05, 3.63) is 181 Å². The minimum absolute atomic E-state index is 0.0783. The van der Waals surface area contributed by atoms with E-state index in [0.717, 1.165) is 28.3 Å². The molecule has 2 nitrogen and oxygen atoms in total. The van der Waals surface area contributed by atoms with Crippen molar-refractivity contribution in [2.75, 3.05) is 4.90 Å². The minimum atomic E-state index is -0.0783. The van der Waals surface area contributed by atoms with E-state index in [4.69, 9.17) is 0 Å². The molecule has 7 aromatic rings. The second kappa shape index (κ2) is 11.6. The summed E-state index contributed by atoms with van der Waals surface area (Å²) in [6, 6.07) is 57.1. The molecule has 0 aliphatic heterocycles. The first-order valence-corrected chi connectivity index (χ1v) is 16.3. The largest absolute Gasteiger partial charge is 0.310 e. The lowest BCUT2D eigenvalue weighted by Crippen LogP contribution is -2.16. The van der Waals surface area contributed by atoms with Crippen LogP contribution in [0.25, 0.3) is 44.6 Å². The second-order valence-electron chi connectivity index (χ2n) is 13.0. The van der Waals surface area contributed by atoms with Gasteiger partial charge in [-0.15, -0.1) is 0 Å². The third-order valence-electron chi connectivity index (χ3n) is 9.64. The lowest BCUT2D eigenvalue weighted by molar-refractivity contribution is 0.660. The Labute approximate surface area is 277 Å². The zero-order valence-electron chi connectivity index (χ0n) is 27.0. The molecule has 0 N–H and O–H groups in total. The van der Waals surface area contributed by atoms with Crippen LogP contribution in [0.4, 0.5) is 17.1 Å². The molecule has 226 valence electrons. The third kappa shape index (κ3) is 5.22. The molecule has 1 aliphatic rings. The summed E-state index contributed by atoms with van der Waals surface area (Å²) in [6.45, 7) is 6.80. The summed E-state index contributed by atoms with van der Waals surface area (Å²) < 4.78 is 0. The van der Waals surface area contributed by atoms with E-state index in [-0.39, 0.29) is 5.41 Å². The molecule has 0 spiro atoms. The standard InChI is InChI=1S/C45H36N2/c1-31-11-13-32(14-12-31)33-15-17-34(18-16-33)35-19-23-37(24-20-35)47(38-25-21-36(22-26-38)44-10-6-7-29-46-44)39-27-28-41-40-8-4-5-9-42(40)45(2,3)43(41)30-39/h4-30H,1-3H3. The van der Waals surface area contributed by atoms with Crippen molar-refractivity contribution in [3.8, 4) is 44.6 Å². The van der Waals surface area contributed by atoms with E-state index in [1.807, 2.05) is 18.3 Å². The van der Waals surface area contributed by atoms with Crippen LogP contribution < -0.4 is 4.90 Å². The number of pyridine rings is 1. The Morgan fingerprint density at radius 1 is 0.447 bits per heavy atom. The molecule has 8 rings (SSSR count). The van der Waals surface area contributed by atoms with Crippen molar-refractivity contribution < 1.29 is 0 Å². The molecule has 47 heavy (non-hydrogen) atoms. The zero-order chi connectivity index (χ0) is 32.0. The van der Waals surface area contributed by atoms with Crippen LogP contribution in [0.1, 0.15) is 30.5 Å². The maximum Gasteiger partial charge on any atom is 0.0701 e. The summed E-state index contributed by atoms with van der Waals surface area (Å²) in [5.74, 6) is 0. The first-order valence-electron chi connectivity index (χ1n) is 16.3. The van der Waals surface area contributed by atoms with Crippen LogP contribution in [0.5, 0.6) is 0 Å². The fourth-order valence-electron chi connectivity index (χ4n) is 7.00.